The lowest BCUT2D eigenvalue weighted by Crippen LogP contribution is -2.70. The molecule has 0 saturated carbocycles. The normalized spacial score (nSPS) is 22.8. The molecule has 1 aromatic carbocycles. The molecule has 0 unspecified atom stereocenters. The third-order valence-electron chi connectivity index (χ3n) is 3.66. The molecule has 0 fully saturated rings. The van der Waals surface area contributed by atoms with Crippen molar-refractivity contribution in [2.24, 2.45) is 5.11 Å². The molecule has 2 rings (SSSR count). The molecule has 0 amide bonds. The van der Waals surface area contributed by atoms with Gasteiger partial charge in [0.2, 0.25) is 0 Å². The van der Waals surface area contributed by atoms with E-state index in [9.17, 15) is 44.6 Å². The molecule has 0 saturated heterocycles. The molecule has 1 N–H and O–H groups in total. The lowest BCUT2D eigenvalue weighted by molar-refractivity contribution is -0.386. The summed E-state index contributed by atoms with van der Waals surface area (Å²) >= 11 is 0. The van der Waals surface area contributed by atoms with E-state index >= 15 is 0 Å². The minimum atomic E-state index is -6.23. The molecule has 1 aliphatic heterocycles. The maximum atomic E-state index is 13.2. The van der Waals surface area contributed by atoms with E-state index in [0.717, 1.165) is 0 Å². The molecular formula is C12H6F9N3O2. The smallest absolute Gasteiger partial charge is 0.440 e. The first-order valence-electron chi connectivity index (χ1n) is 6.42. The summed E-state index contributed by atoms with van der Waals surface area (Å²) in [5, 5.41) is 12.3. The molecule has 5 nitrogen and oxygen atoms in total. The van der Waals surface area contributed by atoms with Gasteiger partial charge in [-0.3, -0.25) is 0 Å². The van der Waals surface area contributed by atoms with Crippen molar-refractivity contribution in [3.63, 3.8) is 0 Å². The van der Waals surface area contributed by atoms with Crippen molar-refractivity contribution in [2.75, 3.05) is 0 Å². The predicted molar refractivity (Wildman–Crippen MR) is 64.8 cm³/mol. The highest BCUT2D eigenvalue weighted by atomic mass is 19.4. The van der Waals surface area contributed by atoms with Crippen LogP contribution in [0.15, 0.2) is 23.3 Å². The van der Waals surface area contributed by atoms with Gasteiger partial charge in [-0.05, 0) is 23.7 Å². The molecule has 0 spiro atoms. The quantitative estimate of drug-likeness (QED) is 0.325. The summed E-state index contributed by atoms with van der Waals surface area (Å²) in [4.78, 5) is 2.02. The Kier molecular flexibility index (Phi) is 4.49. The van der Waals surface area contributed by atoms with E-state index in [1.54, 1.807) is 0 Å². The van der Waals surface area contributed by atoms with Crippen molar-refractivity contribution in [1.82, 2.24) is 0 Å². The molecule has 0 bridgehead atoms. The zero-order valence-electron chi connectivity index (χ0n) is 12.0. The minimum Gasteiger partial charge on any atom is -0.466 e. The Balaban J connectivity index is 2.79. The van der Waals surface area contributed by atoms with E-state index in [4.69, 9.17) is 5.53 Å². The van der Waals surface area contributed by atoms with E-state index in [-0.39, 0.29) is 18.2 Å². The highest BCUT2D eigenvalue weighted by molar-refractivity contribution is 5.45. The minimum absolute atomic E-state index is 0.147. The molecule has 26 heavy (non-hydrogen) atoms. The Bertz CT molecular complexity index is 736. The van der Waals surface area contributed by atoms with Crippen LogP contribution in [0, 0.1) is 0 Å². The summed E-state index contributed by atoms with van der Waals surface area (Å²) in [5.41, 5.74) is 0.789. The van der Waals surface area contributed by atoms with Crippen molar-refractivity contribution in [2.45, 2.75) is 36.3 Å². The number of hydrogen-bond acceptors (Lipinski definition) is 3. The van der Waals surface area contributed by atoms with Crippen molar-refractivity contribution < 1.29 is 49.4 Å². The monoisotopic (exact) mass is 395 g/mol. The van der Waals surface area contributed by atoms with Gasteiger partial charge in [-0.15, -0.1) is 0 Å². The van der Waals surface area contributed by atoms with Crippen molar-refractivity contribution in [1.29, 1.82) is 0 Å². The first-order chi connectivity index (χ1) is 11.7. The molecule has 0 aliphatic carbocycles. The van der Waals surface area contributed by atoms with E-state index in [0.29, 0.717) is 0 Å². The Morgan fingerprint density at radius 1 is 1.04 bits per heavy atom. The van der Waals surface area contributed by atoms with Crippen LogP contribution in [0.5, 0.6) is 5.75 Å². The number of rotatable bonds is 1. The Morgan fingerprint density at radius 2 is 1.58 bits per heavy atom. The number of benzene rings is 1. The molecule has 144 valence electrons. The van der Waals surface area contributed by atoms with E-state index in [1.165, 1.54) is 0 Å². The molecule has 0 aromatic heterocycles. The number of nitrogens with zero attached hydrogens (tertiary/aromatic N) is 3. The molecule has 14 heteroatoms. The van der Waals surface area contributed by atoms with Gasteiger partial charge in [0.05, 0.1) is 11.6 Å². The maximum absolute atomic E-state index is 13.2. The zero-order valence-corrected chi connectivity index (χ0v) is 12.0. The summed E-state index contributed by atoms with van der Waals surface area (Å²) in [5.74, 6) is -1.25. The second-order valence-corrected chi connectivity index (χ2v) is 5.18. The number of azide groups is 1. The number of fused-ring (bicyclic) bond motifs is 1. The van der Waals surface area contributed by atoms with Crippen LogP contribution in [0.3, 0.4) is 0 Å². The Hall–Kier alpha value is -2.34. The van der Waals surface area contributed by atoms with E-state index < -0.39 is 53.2 Å². The van der Waals surface area contributed by atoms with Crippen molar-refractivity contribution >= 4 is 0 Å². The topological polar surface area (TPSA) is 78.2 Å². The van der Waals surface area contributed by atoms with Gasteiger partial charge in [0.15, 0.2) is 0 Å². The van der Waals surface area contributed by atoms with Gasteiger partial charge in [0.1, 0.15) is 11.9 Å². The molecule has 1 aromatic rings. The Labute approximate surface area is 137 Å². The van der Waals surface area contributed by atoms with Crippen LogP contribution in [0.4, 0.5) is 39.5 Å². The third kappa shape index (κ3) is 2.88. The summed E-state index contributed by atoms with van der Waals surface area (Å²) in [6.07, 6.45) is -21.0. The van der Waals surface area contributed by atoms with Crippen LogP contribution in [0.2, 0.25) is 0 Å². The third-order valence-corrected chi connectivity index (χ3v) is 3.66. The second kappa shape index (κ2) is 5.84. The van der Waals surface area contributed by atoms with Crippen molar-refractivity contribution in [3.8, 4) is 5.75 Å². The molecule has 2 atom stereocenters. The summed E-state index contributed by atoms with van der Waals surface area (Å²) in [7, 11) is 0. The van der Waals surface area contributed by atoms with Crippen LogP contribution in [0.1, 0.15) is 17.2 Å². The van der Waals surface area contributed by atoms with Gasteiger partial charge < -0.3 is 9.84 Å². The number of alkyl halides is 9. The van der Waals surface area contributed by atoms with Crippen molar-refractivity contribution in [3.05, 3.63) is 39.8 Å². The van der Waals surface area contributed by atoms with Gasteiger partial charge >= 0.3 is 24.1 Å². The van der Waals surface area contributed by atoms with Gasteiger partial charge in [-0.25, -0.2) is 0 Å². The van der Waals surface area contributed by atoms with Crippen LogP contribution in [0.25, 0.3) is 10.4 Å². The standard InChI is InChI=1S/C12H6F9N3O2/c13-10(14,15)4-1-2-6-5(3-4)7(23-24-22)8(25)9(26-6,11(16,17)18)12(19,20)21/h1-3,7-8,25H/t7-,8+/m1/s1. The molecule has 1 aliphatic rings. The Morgan fingerprint density at radius 3 is 2.00 bits per heavy atom. The van der Waals surface area contributed by atoms with Gasteiger partial charge in [0.25, 0.3) is 0 Å². The van der Waals surface area contributed by atoms with Gasteiger partial charge in [-0.1, -0.05) is 5.11 Å². The van der Waals surface area contributed by atoms with Crippen LogP contribution >= 0.6 is 0 Å². The summed E-state index contributed by atoms with van der Waals surface area (Å²) in [6.45, 7) is 0. The average molecular weight is 395 g/mol. The fraction of sp³-hybridized carbons (Fsp3) is 0.500. The van der Waals surface area contributed by atoms with Gasteiger partial charge in [0, 0.05) is 10.5 Å². The molecule has 1 heterocycles. The number of halogens is 9. The SMILES string of the molecule is [N-]=[N+]=N[C@@H]1c2cc(C(F)(F)F)ccc2OC(C(F)(F)F)(C(F)(F)F)[C@H]1O. The number of hydrogen-bond donors (Lipinski definition) is 1. The first-order valence-corrected chi connectivity index (χ1v) is 6.42. The lowest BCUT2D eigenvalue weighted by atomic mass is 9.82. The van der Waals surface area contributed by atoms with Crippen LogP contribution in [-0.4, -0.2) is 29.2 Å². The summed E-state index contributed by atoms with van der Waals surface area (Å²) in [6, 6.07) is -2.05. The van der Waals surface area contributed by atoms with Gasteiger partial charge in [-0.2, -0.15) is 39.5 Å². The fourth-order valence-corrected chi connectivity index (χ4v) is 2.47. The number of ether oxygens (including phenoxy) is 1. The van der Waals surface area contributed by atoms with E-state index in [2.05, 4.69) is 9.85 Å². The highest BCUT2D eigenvalue weighted by Gasteiger charge is 2.79. The average Bonchev–Trinajstić information content (AvgIpc) is 2.45. The highest BCUT2D eigenvalue weighted by Crippen LogP contribution is 2.55. The summed E-state index contributed by atoms with van der Waals surface area (Å²) < 4.78 is 121. The van der Waals surface area contributed by atoms with Crippen LogP contribution in [-0.2, 0) is 6.18 Å². The lowest BCUT2D eigenvalue weighted by Gasteiger charge is -2.46. The predicted octanol–water partition coefficient (Wildman–Crippen LogP) is 4.67. The fourth-order valence-electron chi connectivity index (χ4n) is 2.47. The second-order valence-electron chi connectivity index (χ2n) is 5.18. The molecular weight excluding hydrogens is 389 g/mol. The van der Waals surface area contributed by atoms with E-state index in [1.807, 2.05) is 4.91 Å². The largest absolute Gasteiger partial charge is 0.466 e. The number of aliphatic hydroxyl groups excluding tert-OH is 1. The molecule has 0 radical (unpaired) electrons. The first kappa shape index (κ1) is 20.0. The maximum Gasteiger partial charge on any atom is 0.440 e. The van der Waals surface area contributed by atoms with Crippen LogP contribution < -0.4 is 4.74 Å². The number of aliphatic hydroxyl groups is 1. The zero-order chi connectivity index (χ0) is 20.1.